The van der Waals surface area contributed by atoms with Crippen LogP contribution in [0.2, 0.25) is 0 Å². The Hall–Kier alpha value is -1.02. The highest BCUT2D eigenvalue weighted by atomic mass is 16.5. The van der Waals surface area contributed by atoms with Gasteiger partial charge >= 0.3 is 0 Å². The smallest absolute Gasteiger partial charge is 0.119 e. The highest BCUT2D eigenvalue weighted by Crippen LogP contribution is 2.32. The predicted molar refractivity (Wildman–Crippen MR) is 83.2 cm³/mol. The Morgan fingerprint density at radius 2 is 1.95 bits per heavy atom. The number of aliphatic hydroxyl groups is 1. The van der Waals surface area contributed by atoms with Gasteiger partial charge in [0.15, 0.2) is 0 Å². The number of benzene rings is 1. The summed E-state index contributed by atoms with van der Waals surface area (Å²) in [5, 5.41) is 10.0. The molecular formula is C18H28O2. The Morgan fingerprint density at radius 1 is 1.15 bits per heavy atom. The normalized spacial score (nSPS) is 17.8. The van der Waals surface area contributed by atoms with Gasteiger partial charge in [0, 0.05) is 0 Å². The van der Waals surface area contributed by atoms with Crippen LogP contribution in [0.4, 0.5) is 0 Å². The standard InChI is InChI=1S/C18H28O2/c1-2-3-4-5-6-7-13-20-16-12-11-15-9-8-10-18(19)17(15)14-16/h11-12,14,18-19H,2-10,13H2,1H3/t18-/m1/s1. The molecule has 0 radical (unpaired) electrons. The van der Waals surface area contributed by atoms with Crippen molar-refractivity contribution in [1.82, 2.24) is 0 Å². The van der Waals surface area contributed by atoms with Crippen molar-refractivity contribution in [2.75, 3.05) is 6.61 Å². The van der Waals surface area contributed by atoms with Crippen molar-refractivity contribution in [2.24, 2.45) is 0 Å². The molecule has 0 spiro atoms. The average Bonchev–Trinajstić information content (AvgIpc) is 2.47. The predicted octanol–water partition coefficient (Wildman–Crippen LogP) is 4.80. The molecule has 2 nitrogen and oxygen atoms in total. The third-order valence-electron chi connectivity index (χ3n) is 4.17. The van der Waals surface area contributed by atoms with Crippen molar-refractivity contribution >= 4 is 0 Å². The van der Waals surface area contributed by atoms with Crippen LogP contribution < -0.4 is 4.74 Å². The van der Waals surface area contributed by atoms with Crippen molar-refractivity contribution in [3.63, 3.8) is 0 Å². The number of hydrogen-bond acceptors (Lipinski definition) is 2. The van der Waals surface area contributed by atoms with E-state index in [0.717, 1.165) is 43.6 Å². The van der Waals surface area contributed by atoms with Gasteiger partial charge in [-0.3, -0.25) is 0 Å². The zero-order chi connectivity index (χ0) is 14.2. The quantitative estimate of drug-likeness (QED) is 0.691. The van der Waals surface area contributed by atoms with Gasteiger partial charge in [-0.25, -0.2) is 0 Å². The second-order valence-corrected chi connectivity index (χ2v) is 5.88. The van der Waals surface area contributed by atoms with Crippen LogP contribution in [-0.2, 0) is 6.42 Å². The van der Waals surface area contributed by atoms with Crippen molar-refractivity contribution in [3.8, 4) is 5.75 Å². The zero-order valence-electron chi connectivity index (χ0n) is 12.7. The minimum absolute atomic E-state index is 0.295. The number of ether oxygens (including phenoxy) is 1. The number of hydrogen-bond donors (Lipinski definition) is 1. The van der Waals surface area contributed by atoms with E-state index in [-0.39, 0.29) is 6.10 Å². The molecule has 0 heterocycles. The van der Waals surface area contributed by atoms with E-state index >= 15 is 0 Å². The lowest BCUT2D eigenvalue weighted by Gasteiger charge is -2.22. The van der Waals surface area contributed by atoms with E-state index in [0.29, 0.717) is 0 Å². The molecule has 1 aromatic carbocycles. The summed E-state index contributed by atoms with van der Waals surface area (Å²) in [6.07, 6.45) is 10.5. The maximum atomic E-state index is 10.0. The van der Waals surface area contributed by atoms with Crippen LogP contribution in [0.25, 0.3) is 0 Å². The minimum atomic E-state index is -0.295. The molecule has 2 rings (SSSR count). The third kappa shape index (κ3) is 4.52. The Bertz CT molecular complexity index is 400. The number of fused-ring (bicyclic) bond motifs is 1. The van der Waals surface area contributed by atoms with E-state index in [1.54, 1.807) is 0 Å². The Kier molecular flexibility index (Phi) is 6.38. The fraction of sp³-hybridized carbons (Fsp3) is 0.667. The van der Waals surface area contributed by atoms with Gasteiger partial charge in [-0.15, -0.1) is 0 Å². The molecule has 0 saturated carbocycles. The van der Waals surface area contributed by atoms with Gasteiger partial charge in [-0.2, -0.15) is 0 Å². The molecule has 0 unspecified atom stereocenters. The van der Waals surface area contributed by atoms with Crippen LogP contribution >= 0.6 is 0 Å². The van der Waals surface area contributed by atoms with Crippen LogP contribution in [0, 0.1) is 0 Å². The molecule has 20 heavy (non-hydrogen) atoms. The van der Waals surface area contributed by atoms with Gasteiger partial charge in [0.2, 0.25) is 0 Å². The molecule has 0 bridgehead atoms. The van der Waals surface area contributed by atoms with Crippen molar-refractivity contribution in [3.05, 3.63) is 29.3 Å². The number of rotatable bonds is 8. The Morgan fingerprint density at radius 3 is 2.80 bits per heavy atom. The highest BCUT2D eigenvalue weighted by molar-refractivity contribution is 5.38. The maximum Gasteiger partial charge on any atom is 0.119 e. The Balaban J connectivity index is 1.72. The number of aliphatic hydroxyl groups excluding tert-OH is 1. The van der Waals surface area contributed by atoms with Gasteiger partial charge < -0.3 is 9.84 Å². The van der Waals surface area contributed by atoms with Crippen LogP contribution in [0.1, 0.15) is 75.5 Å². The van der Waals surface area contributed by atoms with Crippen molar-refractivity contribution in [1.29, 1.82) is 0 Å². The van der Waals surface area contributed by atoms with Crippen LogP contribution in [0.3, 0.4) is 0 Å². The van der Waals surface area contributed by atoms with Gasteiger partial charge in [0.25, 0.3) is 0 Å². The van der Waals surface area contributed by atoms with E-state index in [1.165, 1.54) is 37.7 Å². The fourth-order valence-corrected chi connectivity index (χ4v) is 2.91. The van der Waals surface area contributed by atoms with Gasteiger partial charge in [-0.05, 0) is 48.9 Å². The molecule has 0 fully saturated rings. The molecular weight excluding hydrogens is 248 g/mol. The summed E-state index contributed by atoms with van der Waals surface area (Å²) in [6.45, 7) is 3.04. The molecule has 0 aliphatic heterocycles. The third-order valence-corrected chi connectivity index (χ3v) is 4.17. The maximum absolute atomic E-state index is 10.0. The molecule has 1 atom stereocenters. The molecule has 1 N–H and O–H groups in total. The van der Waals surface area contributed by atoms with Gasteiger partial charge in [0.05, 0.1) is 12.7 Å². The molecule has 2 heteroatoms. The van der Waals surface area contributed by atoms with Crippen LogP contribution in [-0.4, -0.2) is 11.7 Å². The largest absolute Gasteiger partial charge is 0.494 e. The molecule has 1 aromatic rings. The van der Waals surface area contributed by atoms with Crippen molar-refractivity contribution < 1.29 is 9.84 Å². The second kappa shape index (κ2) is 8.31. The van der Waals surface area contributed by atoms with Crippen molar-refractivity contribution in [2.45, 2.75) is 70.8 Å². The first-order chi connectivity index (χ1) is 9.81. The highest BCUT2D eigenvalue weighted by Gasteiger charge is 2.18. The summed E-state index contributed by atoms with van der Waals surface area (Å²) in [4.78, 5) is 0. The second-order valence-electron chi connectivity index (χ2n) is 5.88. The summed E-state index contributed by atoms with van der Waals surface area (Å²) in [7, 11) is 0. The van der Waals surface area contributed by atoms with Gasteiger partial charge in [-0.1, -0.05) is 45.1 Å². The Labute approximate surface area is 123 Å². The number of aryl methyl sites for hydroxylation is 1. The summed E-state index contributed by atoms with van der Waals surface area (Å²) >= 11 is 0. The molecule has 0 amide bonds. The molecule has 112 valence electrons. The van der Waals surface area contributed by atoms with E-state index in [4.69, 9.17) is 4.74 Å². The molecule has 0 saturated heterocycles. The van der Waals surface area contributed by atoms with E-state index < -0.39 is 0 Å². The SMILES string of the molecule is CCCCCCCCOc1ccc2c(c1)[C@H](O)CCC2. The first-order valence-electron chi connectivity index (χ1n) is 8.25. The summed E-state index contributed by atoms with van der Waals surface area (Å²) in [5.74, 6) is 0.915. The summed E-state index contributed by atoms with van der Waals surface area (Å²) in [6, 6.07) is 6.21. The molecule has 1 aliphatic rings. The topological polar surface area (TPSA) is 29.5 Å². The van der Waals surface area contributed by atoms with Gasteiger partial charge in [0.1, 0.15) is 5.75 Å². The average molecular weight is 276 g/mol. The first-order valence-corrected chi connectivity index (χ1v) is 8.25. The van der Waals surface area contributed by atoms with Crippen LogP contribution in [0.15, 0.2) is 18.2 Å². The first kappa shape index (κ1) is 15.4. The van der Waals surface area contributed by atoms with E-state index in [1.807, 2.05) is 12.1 Å². The lowest BCUT2D eigenvalue weighted by molar-refractivity contribution is 0.156. The van der Waals surface area contributed by atoms with Crippen LogP contribution in [0.5, 0.6) is 5.75 Å². The monoisotopic (exact) mass is 276 g/mol. The minimum Gasteiger partial charge on any atom is -0.494 e. The van der Waals surface area contributed by atoms with E-state index in [2.05, 4.69) is 13.0 Å². The molecule has 0 aromatic heterocycles. The lowest BCUT2D eigenvalue weighted by Crippen LogP contribution is -2.09. The number of unbranched alkanes of at least 4 members (excludes halogenated alkanes) is 5. The summed E-state index contributed by atoms with van der Waals surface area (Å²) < 4.78 is 5.82. The van der Waals surface area contributed by atoms with E-state index in [9.17, 15) is 5.11 Å². The fourth-order valence-electron chi connectivity index (χ4n) is 2.91. The molecule has 1 aliphatic carbocycles. The zero-order valence-corrected chi connectivity index (χ0v) is 12.7. The summed E-state index contributed by atoms with van der Waals surface area (Å²) in [5.41, 5.74) is 2.37. The lowest BCUT2D eigenvalue weighted by atomic mass is 9.89.